The van der Waals surface area contributed by atoms with E-state index in [-0.39, 0.29) is 18.1 Å². The maximum absolute atomic E-state index is 13.1. The summed E-state index contributed by atoms with van der Waals surface area (Å²) in [5.74, 6) is -1.48. The fourth-order valence-electron chi connectivity index (χ4n) is 4.18. The van der Waals surface area contributed by atoms with Gasteiger partial charge in [-0.25, -0.2) is 4.98 Å². The molecule has 0 bridgehead atoms. The number of hydrogen-bond acceptors (Lipinski definition) is 7. The van der Waals surface area contributed by atoms with E-state index in [0.717, 1.165) is 35.5 Å². The lowest BCUT2D eigenvalue weighted by Crippen LogP contribution is -2.45. The van der Waals surface area contributed by atoms with E-state index in [1.807, 2.05) is 38.3 Å². The van der Waals surface area contributed by atoms with E-state index in [2.05, 4.69) is 11.1 Å². The molecule has 0 saturated carbocycles. The van der Waals surface area contributed by atoms with Crippen molar-refractivity contribution >= 4 is 29.2 Å². The number of Topliss-reactive ketones (excluding diaryl/α,β-unsaturated/α-hetero) is 1. The third-order valence-corrected chi connectivity index (χ3v) is 7.47. The highest BCUT2D eigenvalue weighted by Gasteiger charge is 2.42. The SMILES string of the molecule is C/C(=C\c1csc(C)n1)[C@@H]1C/C=C\CCCC(C)C(O)C(C)C(=O)C(C)(C)C(O)CC(=O)O1. The third kappa shape index (κ3) is 7.59. The lowest BCUT2D eigenvalue weighted by Gasteiger charge is -2.34. The maximum Gasteiger partial charge on any atom is 0.309 e. The molecule has 0 radical (unpaired) electrons. The zero-order valence-electron chi connectivity index (χ0n) is 20.7. The van der Waals surface area contributed by atoms with Gasteiger partial charge in [0.05, 0.1) is 34.7 Å². The van der Waals surface area contributed by atoms with E-state index in [9.17, 15) is 19.8 Å². The largest absolute Gasteiger partial charge is 0.457 e. The van der Waals surface area contributed by atoms with Crippen LogP contribution < -0.4 is 0 Å². The van der Waals surface area contributed by atoms with Crippen LogP contribution in [0.15, 0.2) is 23.1 Å². The van der Waals surface area contributed by atoms with Gasteiger partial charge in [-0.05, 0) is 50.7 Å². The third-order valence-electron chi connectivity index (χ3n) is 6.68. The van der Waals surface area contributed by atoms with E-state index < -0.39 is 35.6 Å². The van der Waals surface area contributed by atoms with Crippen molar-refractivity contribution in [3.63, 3.8) is 0 Å². The number of aryl methyl sites for hydroxylation is 1. The van der Waals surface area contributed by atoms with Crippen molar-refractivity contribution in [1.82, 2.24) is 4.98 Å². The molecule has 0 aromatic carbocycles. The Morgan fingerprint density at radius 3 is 2.58 bits per heavy atom. The predicted octanol–water partition coefficient (Wildman–Crippen LogP) is 4.88. The van der Waals surface area contributed by atoms with Crippen LogP contribution in [0, 0.1) is 24.2 Å². The normalized spacial score (nSPS) is 31.8. The number of cyclic esters (lactones) is 1. The molecule has 6 nitrogen and oxygen atoms in total. The maximum atomic E-state index is 13.1. The number of hydrogen-bond donors (Lipinski definition) is 2. The van der Waals surface area contributed by atoms with Gasteiger partial charge in [-0.15, -0.1) is 11.3 Å². The number of carbonyl (C=O) groups excluding carboxylic acids is 2. The topological polar surface area (TPSA) is 96.7 Å². The second-order valence-electron chi connectivity index (χ2n) is 9.86. The minimum absolute atomic E-state index is 0.0392. The fraction of sp³-hybridized carbons (Fsp3) is 0.654. The Balaban J connectivity index is 2.27. The summed E-state index contributed by atoms with van der Waals surface area (Å²) in [5, 5.41) is 24.4. The van der Waals surface area contributed by atoms with Gasteiger partial charge < -0.3 is 14.9 Å². The van der Waals surface area contributed by atoms with Crippen LogP contribution in [0.1, 0.15) is 77.4 Å². The molecule has 1 aromatic rings. The predicted molar refractivity (Wildman–Crippen MR) is 132 cm³/mol. The van der Waals surface area contributed by atoms with Crippen molar-refractivity contribution in [3.05, 3.63) is 33.8 Å². The molecule has 2 N–H and O–H groups in total. The molecule has 0 aliphatic carbocycles. The molecule has 1 aromatic heterocycles. The van der Waals surface area contributed by atoms with Crippen LogP contribution in [0.4, 0.5) is 0 Å². The Morgan fingerprint density at radius 1 is 1.24 bits per heavy atom. The number of aromatic nitrogens is 1. The van der Waals surface area contributed by atoms with Gasteiger partial charge in [0, 0.05) is 17.7 Å². The van der Waals surface area contributed by atoms with E-state index in [4.69, 9.17) is 4.74 Å². The van der Waals surface area contributed by atoms with E-state index in [0.29, 0.717) is 6.42 Å². The van der Waals surface area contributed by atoms with Crippen LogP contribution >= 0.6 is 11.3 Å². The van der Waals surface area contributed by atoms with Crippen LogP contribution in [0.5, 0.6) is 0 Å². The summed E-state index contributed by atoms with van der Waals surface area (Å²) in [6.07, 6.45) is 6.28. The average Bonchev–Trinajstić information content (AvgIpc) is 3.16. The summed E-state index contributed by atoms with van der Waals surface area (Å²) in [4.78, 5) is 30.3. The van der Waals surface area contributed by atoms with Crippen LogP contribution in [-0.2, 0) is 14.3 Å². The number of ether oxygens (including phenoxy) is 1. The van der Waals surface area contributed by atoms with E-state index >= 15 is 0 Å². The zero-order chi connectivity index (χ0) is 24.8. The van der Waals surface area contributed by atoms with Gasteiger partial charge in [-0.1, -0.05) is 39.8 Å². The number of esters is 1. The Hall–Kier alpha value is -1.83. The number of thiazole rings is 1. The second-order valence-corrected chi connectivity index (χ2v) is 10.9. The van der Waals surface area contributed by atoms with Crippen molar-refractivity contribution < 1.29 is 24.5 Å². The van der Waals surface area contributed by atoms with E-state index in [1.165, 1.54) is 0 Å². The number of ketones is 1. The first kappa shape index (κ1) is 27.4. The van der Waals surface area contributed by atoms with Gasteiger partial charge in [0.1, 0.15) is 11.9 Å². The van der Waals surface area contributed by atoms with Crippen molar-refractivity contribution in [2.45, 2.75) is 92.0 Å². The molecule has 0 saturated heterocycles. The molecule has 2 heterocycles. The number of aliphatic hydroxyl groups is 2. The molecule has 0 amide bonds. The van der Waals surface area contributed by atoms with Gasteiger partial charge in [0.15, 0.2) is 0 Å². The van der Waals surface area contributed by atoms with Gasteiger partial charge >= 0.3 is 5.97 Å². The number of rotatable bonds is 2. The number of carbonyl (C=O) groups is 2. The highest BCUT2D eigenvalue weighted by molar-refractivity contribution is 7.09. The van der Waals surface area contributed by atoms with Crippen molar-refractivity contribution in [2.24, 2.45) is 17.3 Å². The lowest BCUT2D eigenvalue weighted by molar-refractivity contribution is -0.154. The van der Waals surface area contributed by atoms with Crippen molar-refractivity contribution in [3.8, 4) is 0 Å². The minimum atomic E-state index is -1.21. The summed E-state index contributed by atoms with van der Waals surface area (Å²) < 4.78 is 5.75. The van der Waals surface area contributed by atoms with Crippen LogP contribution in [0.3, 0.4) is 0 Å². The van der Waals surface area contributed by atoms with Crippen LogP contribution in [-0.4, -0.2) is 45.3 Å². The molecule has 4 unspecified atom stereocenters. The number of allylic oxidation sites excluding steroid dienone is 1. The van der Waals surface area contributed by atoms with Crippen LogP contribution in [0.2, 0.25) is 0 Å². The van der Waals surface area contributed by atoms with Gasteiger partial charge in [0.2, 0.25) is 0 Å². The molecule has 33 heavy (non-hydrogen) atoms. The lowest BCUT2D eigenvalue weighted by atomic mass is 9.73. The van der Waals surface area contributed by atoms with Gasteiger partial charge in [-0.3, -0.25) is 9.59 Å². The van der Waals surface area contributed by atoms with Gasteiger partial charge in [-0.2, -0.15) is 0 Å². The monoisotopic (exact) mass is 477 g/mol. The Bertz CT molecular complexity index is 872. The summed E-state index contributed by atoms with van der Waals surface area (Å²) in [6.45, 7) is 10.8. The highest BCUT2D eigenvalue weighted by atomic mass is 32.1. The molecule has 1 aliphatic rings. The summed E-state index contributed by atoms with van der Waals surface area (Å²) in [6, 6.07) is 0. The molecule has 0 spiro atoms. The molecular weight excluding hydrogens is 438 g/mol. The summed E-state index contributed by atoms with van der Waals surface area (Å²) >= 11 is 1.56. The number of aliphatic hydroxyl groups excluding tert-OH is 2. The molecular formula is C26H39NO5S. The standard InChI is InChI=1S/C26H39NO5S/c1-16-11-9-7-8-10-12-21(17(2)13-20-15-33-19(4)27-20)32-23(29)14-22(28)26(5,6)25(31)18(3)24(16)30/h8,10,13,15-16,18,21-22,24,28,30H,7,9,11-12,14H2,1-6H3/b10-8-,17-13+/t16?,18?,21-,22?,24?/m0/s1. The fourth-order valence-corrected chi connectivity index (χ4v) is 4.75. The van der Waals surface area contributed by atoms with Crippen molar-refractivity contribution in [1.29, 1.82) is 0 Å². The van der Waals surface area contributed by atoms with E-state index in [1.54, 1.807) is 32.1 Å². The Kier molecular flexibility index (Phi) is 10.0. The highest BCUT2D eigenvalue weighted by Crippen LogP contribution is 2.32. The Labute approximate surface area is 201 Å². The first-order valence-electron chi connectivity index (χ1n) is 11.8. The smallest absolute Gasteiger partial charge is 0.309 e. The Morgan fingerprint density at radius 2 is 1.94 bits per heavy atom. The number of nitrogens with zero attached hydrogens (tertiary/aromatic N) is 1. The molecule has 7 heteroatoms. The molecule has 2 rings (SSSR count). The zero-order valence-corrected chi connectivity index (χ0v) is 21.5. The minimum Gasteiger partial charge on any atom is -0.457 e. The molecule has 1 aliphatic heterocycles. The first-order chi connectivity index (χ1) is 15.4. The van der Waals surface area contributed by atoms with Crippen molar-refractivity contribution in [2.75, 3.05) is 0 Å². The molecule has 184 valence electrons. The summed E-state index contributed by atoms with van der Waals surface area (Å²) in [5.41, 5.74) is 0.513. The van der Waals surface area contributed by atoms with Crippen LogP contribution in [0.25, 0.3) is 6.08 Å². The van der Waals surface area contributed by atoms with Gasteiger partial charge in [0.25, 0.3) is 0 Å². The quantitative estimate of drug-likeness (QED) is 0.466. The first-order valence-corrected chi connectivity index (χ1v) is 12.7. The average molecular weight is 478 g/mol. The molecule has 0 fully saturated rings. The second kappa shape index (κ2) is 12.0. The summed E-state index contributed by atoms with van der Waals surface area (Å²) in [7, 11) is 0. The molecule has 5 atom stereocenters.